The van der Waals surface area contributed by atoms with E-state index in [4.69, 9.17) is 5.73 Å². The molecule has 0 spiro atoms. The van der Waals surface area contributed by atoms with Crippen LogP contribution in [0.2, 0.25) is 0 Å². The van der Waals surface area contributed by atoms with Crippen molar-refractivity contribution in [3.63, 3.8) is 0 Å². The van der Waals surface area contributed by atoms with E-state index < -0.39 is 6.04 Å². The molecule has 0 saturated heterocycles. The summed E-state index contributed by atoms with van der Waals surface area (Å²) in [4.78, 5) is 11.8. The highest BCUT2D eigenvalue weighted by molar-refractivity contribution is 5.94. The van der Waals surface area contributed by atoms with Crippen LogP contribution in [-0.4, -0.2) is 11.9 Å². The number of hydrogen-bond acceptors (Lipinski definition) is 2. The molecule has 0 aliphatic heterocycles. The van der Waals surface area contributed by atoms with Crippen LogP contribution in [0.25, 0.3) is 0 Å². The first kappa shape index (κ1) is 13.7. The van der Waals surface area contributed by atoms with Gasteiger partial charge in [-0.25, -0.2) is 0 Å². The lowest BCUT2D eigenvalue weighted by Crippen LogP contribution is -2.36. The summed E-state index contributed by atoms with van der Waals surface area (Å²) in [6.07, 6.45) is 0.705. The van der Waals surface area contributed by atoms with E-state index in [0.717, 1.165) is 16.8 Å². The van der Waals surface area contributed by atoms with Crippen LogP contribution >= 0.6 is 0 Å². The summed E-state index contributed by atoms with van der Waals surface area (Å²) < 4.78 is 0. The Labute approximate surface area is 103 Å². The number of nitrogens with two attached hydrogens (primary N) is 1. The van der Waals surface area contributed by atoms with Crippen molar-refractivity contribution in [2.45, 2.75) is 40.2 Å². The maximum absolute atomic E-state index is 11.8. The number of benzene rings is 1. The summed E-state index contributed by atoms with van der Waals surface area (Å²) in [5.41, 5.74) is 8.93. The van der Waals surface area contributed by atoms with Crippen molar-refractivity contribution in [3.8, 4) is 0 Å². The van der Waals surface area contributed by atoms with Crippen molar-refractivity contribution in [2.24, 2.45) is 11.7 Å². The largest absolute Gasteiger partial charge is 0.325 e. The SMILES string of the molecule is Cc1cc(C)cc(NC(=O)[C@@H](N)CC(C)C)c1. The molecule has 1 atom stereocenters. The fourth-order valence-electron chi connectivity index (χ4n) is 1.90. The Hall–Kier alpha value is -1.35. The molecular formula is C14H22N2O. The standard InChI is InChI=1S/C14H22N2O/c1-9(2)5-13(15)14(17)16-12-7-10(3)6-11(4)8-12/h6-9,13H,5,15H2,1-4H3,(H,16,17)/t13-/m0/s1. The monoisotopic (exact) mass is 234 g/mol. The lowest BCUT2D eigenvalue weighted by Gasteiger charge is -2.14. The van der Waals surface area contributed by atoms with Gasteiger partial charge in [0.2, 0.25) is 5.91 Å². The molecule has 0 heterocycles. The first-order valence-electron chi connectivity index (χ1n) is 6.03. The summed E-state index contributed by atoms with van der Waals surface area (Å²) in [7, 11) is 0. The normalized spacial score (nSPS) is 12.6. The molecule has 0 aromatic heterocycles. The average Bonchev–Trinajstić information content (AvgIpc) is 2.14. The Balaban J connectivity index is 2.67. The van der Waals surface area contributed by atoms with E-state index in [1.807, 2.05) is 26.0 Å². The molecule has 3 heteroatoms. The van der Waals surface area contributed by atoms with Crippen LogP contribution in [0.3, 0.4) is 0 Å². The summed E-state index contributed by atoms with van der Waals surface area (Å²) in [6, 6.07) is 5.54. The van der Waals surface area contributed by atoms with E-state index in [9.17, 15) is 4.79 Å². The molecule has 0 unspecified atom stereocenters. The molecule has 0 aliphatic carbocycles. The molecule has 3 N–H and O–H groups in total. The highest BCUT2D eigenvalue weighted by Crippen LogP contribution is 2.14. The number of aryl methyl sites for hydroxylation is 2. The summed E-state index contributed by atoms with van der Waals surface area (Å²) >= 11 is 0. The second-order valence-electron chi connectivity index (χ2n) is 5.10. The van der Waals surface area contributed by atoms with Gasteiger partial charge in [-0.2, -0.15) is 0 Å². The maximum Gasteiger partial charge on any atom is 0.241 e. The Bertz CT molecular complexity index is 379. The van der Waals surface area contributed by atoms with Crippen LogP contribution < -0.4 is 11.1 Å². The quantitative estimate of drug-likeness (QED) is 0.841. The Kier molecular flexibility index (Phi) is 4.70. The molecule has 17 heavy (non-hydrogen) atoms. The minimum atomic E-state index is -0.434. The van der Waals surface area contributed by atoms with Crippen LogP contribution in [0, 0.1) is 19.8 Å². The molecule has 1 amide bonds. The van der Waals surface area contributed by atoms with E-state index >= 15 is 0 Å². The number of nitrogens with one attached hydrogen (secondary N) is 1. The molecule has 1 aromatic rings. The fourth-order valence-corrected chi connectivity index (χ4v) is 1.90. The molecule has 1 rings (SSSR count). The fraction of sp³-hybridized carbons (Fsp3) is 0.500. The Morgan fingerprint density at radius 3 is 2.24 bits per heavy atom. The van der Waals surface area contributed by atoms with Gasteiger partial charge in [0.05, 0.1) is 6.04 Å². The second kappa shape index (κ2) is 5.82. The van der Waals surface area contributed by atoms with Crippen molar-refractivity contribution in [3.05, 3.63) is 29.3 Å². The predicted octanol–water partition coefficient (Wildman–Crippen LogP) is 2.62. The van der Waals surface area contributed by atoms with Crippen molar-refractivity contribution >= 4 is 11.6 Å². The van der Waals surface area contributed by atoms with Crippen LogP contribution in [0.1, 0.15) is 31.4 Å². The zero-order chi connectivity index (χ0) is 13.0. The van der Waals surface area contributed by atoms with Crippen LogP contribution in [0.4, 0.5) is 5.69 Å². The van der Waals surface area contributed by atoms with Gasteiger partial charge in [0, 0.05) is 5.69 Å². The van der Waals surface area contributed by atoms with Gasteiger partial charge < -0.3 is 11.1 Å². The molecular weight excluding hydrogens is 212 g/mol. The zero-order valence-electron chi connectivity index (χ0n) is 11.1. The molecule has 3 nitrogen and oxygen atoms in total. The zero-order valence-corrected chi connectivity index (χ0v) is 11.1. The van der Waals surface area contributed by atoms with E-state index in [0.29, 0.717) is 12.3 Å². The molecule has 0 aliphatic rings. The Morgan fingerprint density at radius 2 is 1.76 bits per heavy atom. The second-order valence-corrected chi connectivity index (χ2v) is 5.10. The first-order valence-corrected chi connectivity index (χ1v) is 6.03. The number of carbonyl (C=O) groups is 1. The number of anilines is 1. The van der Waals surface area contributed by atoms with Gasteiger partial charge in [-0.3, -0.25) is 4.79 Å². The maximum atomic E-state index is 11.8. The first-order chi connectivity index (χ1) is 7.88. The minimum Gasteiger partial charge on any atom is -0.325 e. The van der Waals surface area contributed by atoms with Crippen LogP contribution in [-0.2, 0) is 4.79 Å². The van der Waals surface area contributed by atoms with Gasteiger partial charge in [-0.1, -0.05) is 19.9 Å². The predicted molar refractivity (Wildman–Crippen MR) is 72.0 cm³/mol. The third kappa shape index (κ3) is 4.57. The molecule has 0 saturated carbocycles. The van der Waals surface area contributed by atoms with Crippen molar-refractivity contribution in [2.75, 3.05) is 5.32 Å². The number of carbonyl (C=O) groups excluding carboxylic acids is 1. The van der Waals surface area contributed by atoms with Gasteiger partial charge in [0.1, 0.15) is 0 Å². The molecule has 94 valence electrons. The topological polar surface area (TPSA) is 55.1 Å². The molecule has 1 aromatic carbocycles. The van der Waals surface area contributed by atoms with Gasteiger partial charge in [-0.15, -0.1) is 0 Å². The van der Waals surface area contributed by atoms with Crippen LogP contribution in [0.15, 0.2) is 18.2 Å². The number of hydrogen-bond donors (Lipinski definition) is 2. The van der Waals surface area contributed by atoms with Gasteiger partial charge in [0.15, 0.2) is 0 Å². The third-order valence-electron chi connectivity index (χ3n) is 2.55. The van der Waals surface area contributed by atoms with Crippen molar-refractivity contribution in [1.82, 2.24) is 0 Å². The minimum absolute atomic E-state index is 0.108. The van der Waals surface area contributed by atoms with E-state index in [1.54, 1.807) is 0 Å². The number of amides is 1. The number of rotatable bonds is 4. The summed E-state index contributed by atoms with van der Waals surface area (Å²) in [5, 5.41) is 2.86. The van der Waals surface area contributed by atoms with E-state index in [2.05, 4.69) is 25.2 Å². The average molecular weight is 234 g/mol. The molecule has 0 fully saturated rings. The molecule has 0 bridgehead atoms. The van der Waals surface area contributed by atoms with Crippen LogP contribution in [0.5, 0.6) is 0 Å². The highest BCUT2D eigenvalue weighted by Gasteiger charge is 2.15. The van der Waals surface area contributed by atoms with Crippen molar-refractivity contribution in [1.29, 1.82) is 0 Å². The van der Waals surface area contributed by atoms with E-state index in [-0.39, 0.29) is 5.91 Å². The van der Waals surface area contributed by atoms with Crippen molar-refractivity contribution < 1.29 is 4.79 Å². The highest BCUT2D eigenvalue weighted by atomic mass is 16.2. The van der Waals surface area contributed by atoms with E-state index in [1.165, 1.54) is 0 Å². The summed E-state index contributed by atoms with van der Waals surface area (Å²) in [5.74, 6) is 0.318. The third-order valence-corrected chi connectivity index (χ3v) is 2.55. The summed E-state index contributed by atoms with van der Waals surface area (Å²) in [6.45, 7) is 8.14. The van der Waals surface area contributed by atoms with Gasteiger partial charge >= 0.3 is 0 Å². The van der Waals surface area contributed by atoms with Gasteiger partial charge in [0.25, 0.3) is 0 Å². The molecule has 0 radical (unpaired) electrons. The van der Waals surface area contributed by atoms with Gasteiger partial charge in [-0.05, 0) is 49.4 Å². The Morgan fingerprint density at radius 1 is 1.24 bits per heavy atom. The lowest BCUT2D eigenvalue weighted by atomic mass is 10.0. The lowest BCUT2D eigenvalue weighted by molar-refractivity contribution is -0.117. The smallest absolute Gasteiger partial charge is 0.241 e.